The topological polar surface area (TPSA) is 121 Å². The number of carbonyl (C=O) groups is 1. The number of aliphatic hydroxyl groups is 1. The first-order valence-electron chi connectivity index (χ1n) is 17.3. The molecule has 0 spiro atoms. The number of rotatable bonds is 6. The van der Waals surface area contributed by atoms with Gasteiger partial charge in [0.25, 0.3) is 0 Å². The second kappa shape index (κ2) is 11.9. The Kier molecular flexibility index (Phi) is 7.55. The van der Waals surface area contributed by atoms with E-state index in [0.29, 0.717) is 18.6 Å². The molecule has 1 fully saturated rings. The van der Waals surface area contributed by atoms with Gasteiger partial charge in [-0.1, -0.05) is 13.8 Å². The SMILES string of the molecule is CCC1=C(C)C2=NC1=CC1=C(C)C3=C(O)CC(=C4NC(=CC5=NC(=C2)C(c2c[nH]c6ccc(OC)cc26)=C5C)[C@@H](C)[C@@H]4CCC(=O)OC)C3=N1. The summed E-state index contributed by atoms with van der Waals surface area (Å²) < 4.78 is 10.6. The maximum absolute atomic E-state index is 12.4. The van der Waals surface area contributed by atoms with Gasteiger partial charge in [0, 0.05) is 75.5 Å². The first kappa shape index (κ1) is 31.8. The number of fused-ring (bicyclic) bond motifs is 6. The standard InChI is InChI=1S/C41H41N5O4/c1-8-24-19(2)30-17-35-38(28-18-42-29-11-9-23(49-6)13-26(28)29)21(4)32(44-35)15-31-20(3)25(10-12-37(48)50-7)40(45-31)27-14-36(47)39-22(5)33(46-41(27)39)16-34(24)43-30/h9,11,13,15-18,20,25,42,45,47H,8,10,12,14H2,1-7H3/t20-,25-/m0/s1. The van der Waals surface area contributed by atoms with Crippen LogP contribution in [-0.2, 0) is 9.53 Å². The molecule has 1 aromatic heterocycles. The second-order valence-corrected chi connectivity index (χ2v) is 13.7. The Morgan fingerprint density at radius 2 is 1.76 bits per heavy atom. The number of H-pyrrole nitrogens is 1. The minimum absolute atomic E-state index is 0.00991. The largest absolute Gasteiger partial charge is 0.511 e. The number of aromatic amines is 1. The average molecular weight is 668 g/mol. The molecule has 9 heteroatoms. The minimum Gasteiger partial charge on any atom is -0.511 e. The number of esters is 1. The molecule has 1 aromatic carbocycles. The number of hydrogen-bond donors (Lipinski definition) is 3. The molecule has 9 nitrogen and oxygen atoms in total. The van der Waals surface area contributed by atoms with Crippen molar-refractivity contribution in [3.8, 4) is 5.75 Å². The lowest BCUT2D eigenvalue weighted by Gasteiger charge is -2.17. The van der Waals surface area contributed by atoms with Gasteiger partial charge in [-0.25, -0.2) is 15.0 Å². The van der Waals surface area contributed by atoms with Gasteiger partial charge in [0.2, 0.25) is 0 Å². The maximum Gasteiger partial charge on any atom is 0.305 e. The van der Waals surface area contributed by atoms with Gasteiger partial charge < -0.3 is 24.9 Å². The van der Waals surface area contributed by atoms with Crippen molar-refractivity contribution in [3.05, 3.63) is 116 Å². The van der Waals surface area contributed by atoms with Crippen LogP contribution in [0.25, 0.3) is 16.5 Å². The first-order chi connectivity index (χ1) is 24.1. The third kappa shape index (κ3) is 4.82. The van der Waals surface area contributed by atoms with Crippen LogP contribution in [-0.4, -0.2) is 47.4 Å². The normalized spacial score (nSPS) is 22.7. The van der Waals surface area contributed by atoms with Crippen LogP contribution in [0, 0.1) is 11.8 Å². The predicted molar refractivity (Wildman–Crippen MR) is 198 cm³/mol. The number of methoxy groups -OCH3 is 2. The van der Waals surface area contributed by atoms with Gasteiger partial charge in [0.1, 0.15) is 11.5 Å². The smallest absolute Gasteiger partial charge is 0.305 e. The number of nitrogens with one attached hydrogen (secondary N) is 2. The van der Waals surface area contributed by atoms with Crippen molar-refractivity contribution in [1.29, 1.82) is 0 Å². The van der Waals surface area contributed by atoms with Crippen molar-refractivity contribution in [3.63, 3.8) is 0 Å². The van der Waals surface area contributed by atoms with Crippen LogP contribution in [0.5, 0.6) is 5.75 Å². The lowest BCUT2D eigenvalue weighted by molar-refractivity contribution is -0.140. The Hall–Kier alpha value is -5.44. The van der Waals surface area contributed by atoms with Crippen molar-refractivity contribution in [2.75, 3.05) is 14.2 Å². The molecule has 50 heavy (non-hydrogen) atoms. The molecule has 0 amide bonds. The highest BCUT2D eigenvalue weighted by molar-refractivity contribution is 6.23. The molecule has 1 saturated heterocycles. The van der Waals surface area contributed by atoms with Crippen molar-refractivity contribution >= 4 is 39.6 Å². The Balaban J connectivity index is 1.37. The van der Waals surface area contributed by atoms with Gasteiger partial charge in [-0.15, -0.1) is 0 Å². The lowest BCUT2D eigenvalue weighted by atomic mass is 9.86. The highest BCUT2D eigenvalue weighted by Gasteiger charge is 2.41. The molecule has 2 atom stereocenters. The molecule has 0 unspecified atom stereocenters. The number of aliphatic imine (C=N–C) groups is 3. The number of nitrogens with zero attached hydrogens (tertiary/aromatic N) is 3. The first-order valence-corrected chi connectivity index (χ1v) is 17.3. The minimum atomic E-state index is -0.241. The molecule has 8 bridgehead atoms. The Morgan fingerprint density at radius 1 is 0.980 bits per heavy atom. The molecule has 6 aliphatic rings. The second-order valence-electron chi connectivity index (χ2n) is 13.7. The monoisotopic (exact) mass is 667 g/mol. The molecule has 6 heterocycles. The van der Waals surface area contributed by atoms with Crippen LogP contribution in [0.4, 0.5) is 0 Å². The molecule has 2 aromatic rings. The van der Waals surface area contributed by atoms with Gasteiger partial charge in [-0.3, -0.25) is 4.79 Å². The van der Waals surface area contributed by atoms with Crippen LogP contribution < -0.4 is 10.1 Å². The fourth-order valence-electron chi connectivity index (χ4n) is 8.25. The highest BCUT2D eigenvalue weighted by Crippen LogP contribution is 2.47. The molecule has 254 valence electrons. The molecular formula is C41H41N5O4. The highest BCUT2D eigenvalue weighted by atomic mass is 16.5. The van der Waals surface area contributed by atoms with E-state index >= 15 is 0 Å². The molecule has 0 saturated carbocycles. The number of benzene rings is 1. The third-order valence-electron chi connectivity index (χ3n) is 11.1. The Labute approximate surface area is 291 Å². The number of allylic oxidation sites excluding steroid dienone is 12. The Bertz CT molecular complexity index is 2290. The molecule has 0 radical (unpaired) electrons. The summed E-state index contributed by atoms with van der Waals surface area (Å²) in [5.74, 6) is 0.903. The summed E-state index contributed by atoms with van der Waals surface area (Å²) in [6.07, 6.45) is 10.5. The molecular weight excluding hydrogens is 626 g/mol. The number of aromatic nitrogens is 1. The maximum atomic E-state index is 12.4. The third-order valence-corrected chi connectivity index (χ3v) is 11.1. The summed E-state index contributed by atoms with van der Waals surface area (Å²) in [6.45, 7) is 10.6. The number of hydrogen-bond acceptors (Lipinski definition) is 8. The molecule has 8 rings (SSSR count). The average Bonchev–Trinajstić information content (AvgIpc) is 3.93. The fourth-order valence-corrected chi connectivity index (χ4v) is 8.25. The molecule has 5 aliphatic heterocycles. The molecule has 3 N–H and O–H groups in total. The molecule has 1 aliphatic carbocycles. The van der Waals surface area contributed by atoms with Crippen molar-refractivity contribution in [1.82, 2.24) is 10.3 Å². The summed E-state index contributed by atoms with van der Waals surface area (Å²) in [5, 5.41) is 16.2. The predicted octanol–water partition coefficient (Wildman–Crippen LogP) is 8.26. The van der Waals surface area contributed by atoms with Gasteiger partial charge >= 0.3 is 5.97 Å². The van der Waals surface area contributed by atoms with E-state index in [-0.39, 0.29) is 24.2 Å². The van der Waals surface area contributed by atoms with E-state index in [1.807, 2.05) is 19.1 Å². The summed E-state index contributed by atoms with van der Waals surface area (Å²) in [6, 6.07) is 6.07. The van der Waals surface area contributed by atoms with Gasteiger partial charge in [0.05, 0.1) is 48.4 Å². The van der Waals surface area contributed by atoms with E-state index in [4.69, 9.17) is 24.5 Å². The van der Waals surface area contributed by atoms with Gasteiger partial charge in [-0.2, -0.15) is 0 Å². The van der Waals surface area contributed by atoms with Crippen molar-refractivity contribution < 1.29 is 19.4 Å². The van der Waals surface area contributed by atoms with Gasteiger partial charge in [-0.05, 0) is 92.3 Å². The van der Waals surface area contributed by atoms with Gasteiger partial charge in [0.15, 0.2) is 0 Å². The Morgan fingerprint density at radius 3 is 2.52 bits per heavy atom. The van der Waals surface area contributed by atoms with Crippen molar-refractivity contribution in [2.45, 2.75) is 60.3 Å². The number of ether oxygens (including phenoxy) is 2. The zero-order valence-electron chi connectivity index (χ0n) is 29.5. The summed E-state index contributed by atoms with van der Waals surface area (Å²) >= 11 is 0. The summed E-state index contributed by atoms with van der Waals surface area (Å²) in [4.78, 5) is 31.5. The zero-order valence-corrected chi connectivity index (χ0v) is 29.5. The number of aliphatic hydroxyl groups excluding tert-OH is 1. The van der Waals surface area contributed by atoms with Crippen LogP contribution in [0.15, 0.2) is 125 Å². The van der Waals surface area contributed by atoms with E-state index in [1.165, 1.54) is 7.11 Å². The summed E-state index contributed by atoms with van der Waals surface area (Å²) in [5.41, 5.74) is 16.2. The van der Waals surface area contributed by atoms with E-state index in [1.54, 1.807) is 7.11 Å². The fraction of sp³-hybridized carbons (Fsp3) is 0.317. The van der Waals surface area contributed by atoms with E-state index in [9.17, 15) is 9.90 Å². The van der Waals surface area contributed by atoms with E-state index in [0.717, 1.165) is 113 Å². The van der Waals surface area contributed by atoms with Crippen LogP contribution >= 0.6 is 0 Å². The van der Waals surface area contributed by atoms with Crippen LogP contribution in [0.3, 0.4) is 0 Å². The van der Waals surface area contributed by atoms with Crippen LogP contribution in [0.1, 0.15) is 65.9 Å². The number of carbonyl (C=O) groups excluding carboxylic acids is 1. The van der Waals surface area contributed by atoms with Crippen molar-refractivity contribution in [2.24, 2.45) is 26.8 Å². The zero-order chi connectivity index (χ0) is 35.0. The van der Waals surface area contributed by atoms with E-state index in [2.05, 4.69) is 68.5 Å². The quantitative estimate of drug-likeness (QED) is 0.268. The van der Waals surface area contributed by atoms with E-state index < -0.39 is 0 Å². The lowest BCUT2D eigenvalue weighted by Crippen LogP contribution is -2.16. The summed E-state index contributed by atoms with van der Waals surface area (Å²) in [7, 11) is 3.11. The van der Waals surface area contributed by atoms with Crippen LogP contribution in [0.2, 0.25) is 0 Å².